The summed E-state index contributed by atoms with van der Waals surface area (Å²) in [6.45, 7) is 7.92. The average molecular weight is 523 g/mol. The lowest BCUT2D eigenvalue weighted by Crippen LogP contribution is -2.09. The van der Waals surface area contributed by atoms with Gasteiger partial charge in [-0.2, -0.15) is 0 Å². The van der Waals surface area contributed by atoms with E-state index < -0.39 is 0 Å². The maximum absolute atomic E-state index is 6.19. The Bertz CT molecular complexity index is 1830. The Morgan fingerprint density at radius 1 is 0.615 bits per heavy atom. The fourth-order valence-electron chi connectivity index (χ4n) is 5.20. The molecule has 3 heteroatoms. The van der Waals surface area contributed by atoms with E-state index in [-0.39, 0.29) is 0 Å². The Hall–Kier alpha value is -4.79. The van der Waals surface area contributed by atoms with E-state index in [1.165, 1.54) is 16.3 Å². The van der Waals surface area contributed by atoms with Gasteiger partial charge in [0.1, 0.15) is 0 Å². The highest BCUT2D eigenvalue weighted by molar-refractivity contribution is 6.30. The highest BCUT2D eigenvalue weighted by Crippen LogP contribution is 2.38. The second-order valence-corrected chi connectivity index (χ2v) is 9.75. The highest BCUT2D eigenvalue weighted by atomic mass is 35.5. The van der Waals surface area contributed by atoms with Crippen molar-refractivity contribution in [2.45, 2.75) is 0 Å². The summed E-state index contributed by atoms with van der Waals surface area (Å²) in [7, 11) is 0. The van der Waals surface area contributed by atoms with E-state index in [9.17, 15) is 0 Å². The van der Waals surface area contributed by atoms with Crippen LogP contribution in [0.5, 0.6) is 0 Å². The van der Waals surface area contributed by atoms with Crippen molar-refractivity contribution in [2.24, 2.45) is 0 Å². The van der Waals surface area contributed by atoms with Gasteiger partial charge < -0.3 is 9.47 Å². The Balaban J connectivity index is 1.44. The molecule has 6 rings (SSSR count). The third-order valence-corrected chi connectivity index (χ3v) is 7.24. The average Bonchev–Trinajstić information content (AvgIpc) is 3.31. The largest absolute Gasteiger partial charge is 0.311 e. The van der Waals surface area contributed by atoms with Crippen molar-refractivity contribution in [1.82, 2.24) is 4.57 Å². The van der Waals surface area contributed by atoms with Gasteiger partial charge in [-0.3, -0.25) is 0 Å². The maximum atomic E-state index is 6.19. The molecular weight excluding hydrogens is 496 g/mol. The number of hydrogen-bond acceptors (Lipinski definition) is 1. The molecule has 0 aliphatic heterocycles. The lowest BCUT2D eigenvalue weighted by molar-refractivity contribution is 1.24. The first-order valence-corrected chi connectivity index (χ1v) is 13.3. The number of aromatic nitrogens is 1. The first kappa shape index (κ1) is 24.5. The molecule has 0 saturated carbocycles. The van der Waals surface area contributed by atoms with E-state index in [4.69, 9.17) is 11.6 Å². The number of halogens is 1. The first-order chi connectivity index (χ1) is 19.2. The molecule has 0 saturated heterocycles. The number of para-hydroxylation sites is 2. The number of benzene rings is 5. The van der Waals surface area contributed by atoms with Crippen LogP contribution in [0.1, 0.15) is 0 Å². The molecule has 0 aliphatic carbocycles. The van der Waals surface area contributed by atoms with Crippen LogP contribution in [0.3, 0.4) is 0 Å². The first-order valence-electron chi connectivity index (χ1n) is 12.9. The van der Waals surface area contributed by atoms with Crippen molar-refractivity contribution >= 4 is 56.2 Å². The van der Waals surface area contributed by atoms with Crippen LogP contribution >= 0.6 is 11.6 Å². The van der Waals surface area contributed by atoms with Crippen molar-refractivity contribution in [3.63, 3.8) is 0 Å². The molecule has 0 radical (unpaired) electrons. The summed E-state index contributed by atoms with van der Waals surface area (Å²) in [6, 6.07) is 42.2. The Morgan fingerprint density at radius 3 is 1.90 bits per heavy atom. The van der Waals surface area contributed by atoms with E-state index in [0.717, 1.165) is 44.4 Å². The van der Waals surface area contributed by atoms with Gasteiger partial charge in [0.2, 0.25) is 0 Å². The molecule has 2 nitrogen and oxygen atoms in total. The molecule has 0 amide bonds. The molecule has 0 fully saturated rings. The van der Waals surface area contributed by atoms with Gasteiger partial charge in [0.25, 0.3) is 0 Å². The second kappa shape index (κ2) is 10.5. The molecular formula is C36H27ClN2. The monoisotopic (exact) mass is 522 g/mol. The Labute approximate surface area is 234 Å². The number of anilines is 3. The molecule has 188 valence electrons. The number of rotatable bonds is 7. The molecule has 0 aliphatic rings. The van der Waals surface area contributed by atoms with Crippen LogP contribution in [0.15, 0.2) is 153 Å². The van der Waals surface area contributed by atoms with Crippen LogP contribution in [0.2, 0.25) is 5.02 Å². The van der Waals surface area contributed by atoms with Gasteiger partial charge in [-0.15, -0.1) is 0 Å². The maximum Gasteiger partial charge on any atom is 0.0541 e. The fraction of sp³-hybridized carbons (Fsp3) is 0. The Morgan fingerprint density at radius 2 is 1.21 bits per heavy atom. The minimum Gasteiger partial charge on any atom is -0.311 e. The number of hydrogen-bond donors (Lipinski definition) is 0. The fourth-order valence-corrected chi connectivity index (χ4v) is 5.33. The molecule has 0 unspecified atom stereocenters. The summed E-state index contributed by atoms with van der Waals surface area (Å²) in [5.74, 6) is 0. The van der Waals surface area contributed by atoms with Crippen LogP contribution < -0.4 is 4.90 Å². The summed E-state index contributed by atoms with van der Waals surface area (Å²) >= 11 is 6.19. The highest BCUT2D eigenvalue weighted by Gasteiger charge is 2.15. The molecule has 1 aromatic heterocycles. The molecule has 6 aromatic rings. The molecule has 0 atom stereocenters. The van der Waals surface area contributed by atoms with Gasteiger partial charge in [0.15, 0.2) is 0 Å². The quantitative estimate of drug-likeness (QED) is 0.189. The van der Waals surface area contributed by atoms with E-state index in [1.807, 2.05) is 42.5 Å². The standard InChI is InChI=1S/C36H27ClN2/c1-3-10-29(4-2)39-35-14-9-8-13-33(35)34-25-27(17-24-36(34)39)26-15-20-31(21-16-26)38(30-11-6-5-7-12-30)32-22-18-28(37)19-23-32/h3-25H,1-2H2/b29-10+. The molecule has 5 aromatic carbocycles. The van der Waals surface area contributed by atoms with Crippen molar-refractivity contribution in [3.8, 4) is 11.1 Å². The van der Waals surface area contributed by atoms with Crippen LogP contribution in [-0.4, -0.2) is 4.57 Å². The zero-order valence-electron chi connectivity index (χ0n) is 21.5. The molecule has 1 heterocycles. The van der Waals surface area contributed by atoms with Crippen molar-refractivity contribution in [3.05, 3.63) is 158 Å². The summed E-state index contributed by atoms with van der Waals surface area (Å²) in [5, 5.41) is 3.14. The van der Waals surface area contributed by atoms with E-state index in [0.29, 0.717) is 0 Å². The zero-order valence-corrected chi connectivity index (χ0v) is 22.2. The third kappa shape index (κ3) is 4.56. The lowest BCUT2D eigenvalue weighted by atomic mass is 10.0. The van der Waals surface area contributed by atoms with Gasteiger partial charge in [-0.25, -0.2) is 0 Å². The Kier molecular flexibility index (Phi) is 6.62. The molecule has 0 bridgehead atoms. The predicted octanol–water partition coefficient (Wildman–Crippen LogP) is 10.8. The summed E-state index contributed by atoms with van der Waals surface area (Å²) in [4.78, 5) is 2.24. The van der Waals surface area contributed by atoms with E-state index in [2.05, 4.69) is 114 Å². The van der Waals surface area contributed by atoms with Gasteiger partial charge >= 0.3 is 0 Å². The normalized spacial score (nSPS) is 11.6. The minimum absolute atomic E-state index is 0.721. The van der Waals surface area contributed by atoms with Gasteiger partial charge in [0, 0.05) is 38.6 Å². The predicted molar refractivity (Wildman–Crippen MR) is 169 cm³/mol. The van der Waals surface area contributed by atoms with Crippen LogP contribution in [0.25, 0.3) is 38.6 Å². The number of nitrogens with zero attached hydrogens (tertiary/aromatic N) is 2. The summed E-state index contributed by atoms with van der Waals surface area (Å²) in [6.07, 6.45) is 5.67. The lowest BCUT2D eigenvalue weighted by Gasteiger charge is -2.25. The van der Waals surface area contributed by atoms with Crippen LogP contribution in [0, 0.1) is 0 Å². The SMILES string of the molecule is C=C/C=C(\C=C)n1c2ccccc2c2cc(-c3ccc(N(c4ccccc4)c4ccc(Cl)cc4)cc3)ccc21. The van der Waals surface area contributed by atoms with Crippen LogP contribution in [0.4, 0.5) is 17.1 Å². The van der Waals surface area contributed by atoms with Gasteiger partial charge in [0.05, 0.1) is 11.0 Å². The van der Waals surface area contributed by atoms with E-state index in [1.54, 1.807) is 6.08 Å². The topological polar surface area (TPSA) is 8.17 Å². The second-order valence-electron chi connectivity index (χ2n) is 9.31. The molecule has 0 spiro atoms. The summed E-state index contributed by atoms with van der Waals surface area (Å²) < 4.78 is 2.25. The summed E-state index contributed by atoms with van der Waals surface area (Å²) in [5.41, 5.74) is 8.84. The van der Waals surface area contributed by atoms with Gasteiger partial charge in [-0.05, 0) is 90.0 Å². The minimum atomic E-state index is 0.721. The number of fused-ring (bicyclic) bond motifs is 3. The number of allylic oxidation sites excluding steroid dienone is 4. The third-order valence-electron chi connectivity index (χ3n) is 6.99. The van der Waals surface area contributed by atoms with Crippen molar-refractivity contribution in [1.29, 1.82) is 0 Å². The van der Waals surface area contributed by atoms with E-state index >= 15 is 0 Å². The van der Waals surface area contributed by atoms with Crippen molar-refractivity contribution < 1.29 is 0 Å². The zero-order chi connectivity index (χ0) is 26.8. The molecule has 0 N–H and O–H groups in total. The van der Waals surface area contributed by atoms with Gasteiger partial charge in [-0.1, -0.05) is 85.4 Å². The smallest absolute Gasteiger partial charge is 0.0541 e. The van der Waals surface area contributed by atoms with Crippen molar-refractivity contribution in [2.75, 3.05) is 4.90 Å². The van der Waals surface area contributed by atoms with Crippen LogP contribution in [-0.2, 0) is 0 Å². The molecule has 39 heavy (non-hydrogen) atoms.